The molecule has 0 radical (unpaired) electrons. The number of carbonyl (C=O) groups excluding carboxylic acids is 3. The van der Waals surface area contributed by atoms with Crippen LogP contribution >= 0.6 is 0 Å². The lowest BCUT2D eigenvalue weighted by Crippen LogP contribution is -2.44. The summed E-state index contributed by atoms with van der Waals surface area (Å²) in [5.41, 5.74) is 5.58. The Bertz CT molecular complexity index is 702. The molecule has 1 aliphatic heterocycles. The lowest BCUT2D eigenvalue weighted by molar-refractivity contribution is -0.130. The van der Waals surface area contributed by atoms with E-state index >= 15 is 0 Å². The maximum Gasteiger partial charge on any atom is 0.325 e. The Morgan fingerprint density at radius 2 is 2.08 bits per heavy atom. The Balaban J connectivity index is 1.59. The summed E-state index contributed by atoms with van der Waals surface area (Å²) >= 11 is 0. The molecule has 1 saturated carbocycles. The van der Waals surface area contributed by atoms with E-state index in [1.54, 1.807) is 12.1 Å². The van der Waals surface area contributed by atoms with Gasteiger partial charge in [0, 0.05) is 19.3 Å². The van der Waals surface area contributed by atoms with Gasteiger partial charge in [-0.1, -0.05) is 0 Å². The third kappa shape index (κ3) is 3.62. The number of hydrogen-bond donors (Lipinski definition) is 2. The second-order valence-electron chi connectivity index (χ2n) is 6.43. The predicted molar refractivity (Wildman–Crippen MR) is 90.5 cm³/mol. The number of nitrogens with one attached hydrogen (secondary N) is 1. The van der Waals surface area contributed by atoms with Gasteiger partial charge in [-0.15, -0.1) is 0 Å². The first kappa shape index (κ1) is 18.1. The van der Waals surface area contributed by atoms with Crippen LogP contribution in [-0.2, 0) is 9.53 Å². The van der Waals surface area contributed by atoms with Crippen LogP contribution in [0.4, 0.5) is 4.79 Å². The van der Waals surface area contributed by atoms with Crippen LogP contribution in [-0.4, -0.2) is 59.6 Å². The third-order valence-electron chi connectivity index (χ3n) is 4.71. The van der Waals surface area contributed by atoms with Crippen molar-refractivity contribution in [2.75, 3.05) is 13.7 Å². The Labute approximate surface area is 150 Å². The summed E-state index contributed by atoms with van der Waals surface area (Å²) in [6.45, 7) is 0.162. The van der Waals surface area contributed by atoms with Gasteiger partial charge >= 0.3 is 6.03 Å². The molecular formula is C17H22N4O5. The van der Waals surface area contributed by atoms with E-state index in [0.717, 1.165) is 0 Å². The number of hydrogen-bond acceptors (Lipinski definition) is 6. The third-order valence-corrected chi connectivity index (χ3v) is 4.71. The number of methoxy groups -OCH3 is 1. The lowest BCUT2D eigenvalue weighted by Gasteiger charge is -2.33. The number of urea groups is 1. The molecule has 1 aromatic heterocycles. The van der Waals surface area contributed by atoms with Gasteiger partial charge in [-0.2, -0.15) is 0 Å². The first-order chi connectivity index (χ1) is 12.5. The molecule has 4 amide bonds. The highest BCUT2D eigenvalue weighted by molar-refractivity contribution is 6.04. The molecule has 2 heterocycles. The number of amides is 4. The maximum atomic E-state index is 12.4. The van der Waals surface area contributed by atoms with E-state index < -0.39 is 11.9 Å². The topological polar surface area (TPSA) is 124 Å². The molecule has 9 nitrogen and oxygen atoms in total. The van der Waals surface area contributed by atoms with E-state index in [2.05, 4.69) is 10.3 Å². The van der Waals surface area contributed by atoms with Gasteiger partial charge in [-0.3, -0.25) is 14.5 Å². The van der Waals surface area contributed by atoms with Crippen LogP contribution in [0.25, 0.3) is 0 Å². The zero-order valence-corrected chi connectivity index (χ0v) is 14.5. The van der Waals surface area contributed by atoms with Gasteiger partial charge in [0.15, 0.2) is 0 Å². The molecule has 0 unspecified atom stereocenters. The number of carbonyl (C=O) groups is 3. The zero-order valence-electron chi connectivity index (χ0n) is 14.5. The highest BCUT2D eigenvalue weighted by Crippen LogP contribution is 2.29. The van der Waals surface area contributed by atoms with E-state index in [1.807, 2.05) is 0 Å². The molecule has 0 spiro atoms. The molecule has 1 aromatic rings. The molecule has 0 aromatic carbocycles. The fourth-order valence-corrected chi connectivity index (χ4v) is 3.43. The number of primary amides is 1. The minimum Gasteiger partial charge on any atom is -0.474 e. The first-order valence-electron chi connectivity index (χ1n) is 8.55. The summed E-state index contributed by atoms with van der Waals surface area (Å²) in [6.07, 6.45) is 3.94. The number of pyridine rings is 1. The van der Waals surface area contributed by atoms with Crippen molar-refractivity contribution < 1.29 is 23.9 Å². The number of rotatable bonds is 6. The molecule has 3 N–H and O–H groups in total. The predicted octanol–water partition coefficient (Wildman–Crippen LogP) is 0.437. The quantitative estimate of drug-likeness (QED) is 0.708. The average Bonchev–Trinajstić information content (AvgIpc) is 2.90. The van der Waals surface area contributed by atoms with Crippen LogP contribution in [0.2, 0.25) is 0 Å². The molecule has 2 fully saturated rings. The molecule has 140 valence electrons. The van der Waals surface area contributed by atoms with Crippen LogP contribution in [0.1, 0.15) is 36.0 Å². The van der Waals surface area contributed by atoms with Crippen LogP contribution in [0.5, 0.6) is 5.88 Å². The molecule has 0 bridgehead atoms. The van der Waals surface area contributed by atoms with Gasteiger partial charge in [0.1, 0.15) is 17.7 Å². The van der Waals surface area contributed by atoms with Gasteiger partial charge in [0.2, 0.25) is 5.88 Å². The van der Waals surface area contributed by atoms with Gasteiger partial charge in [-0.25, -0.2) is 9.78 Å². The Kier molecular flexibility index (Phi) is 5.36. The van der Waals surface area contributed by atoms with Gasteiger partial charge in [0.25, 0.3) is 11.8 Å². The SMILES string of the molecule is COC[C@@H]1NC(=O)N([C@H]2CC[C@H](Oc3ncccc3C(N)=O)CC2)C1=O. The lowest BCUT2D eigenvalue weighted by atomic mass is 9.92. The highest BCUT2D eigenvalue weighted by atomic mass is 16.5. The van der Waals surface area contributed by atoms with Gasteiger partial charge < -0.3 is 20.5 Å². The molecule has 2 aliphatic rings. The van der Waals surface area contributed by atoms with E-state index in [1.165, 1.54) is 18.2 Å². The van der Waals surface area contributed by atoms with E-state index in [-0.39, 0.29) is 42.1 Å². The largest absolute Gasteiger partial charge is 0.474 e. The number of nitrogens with zero attached hydrogens (tertiary/aromatic N) is 2. The average molecular weight is 362 g/mol. The standard InChI is InChI=1S/C17H22N4O5/c1-25-9-13-16(23)21(17(24)20-13)10-4-6-11(7-5-10)26-15-12(14(18)22)3-2-8-19-15/h2-3,8,10-11,13H,4-7,9H2,1H3,(H2,18,22)(H,20,24)/t10-,11-,13-/m0/s1. The van der Waals surface area contributed by atoms with Gasteiger partial charge in [0.05, 0.1) is 6.61 Å². The van der Waals surface area contributed by atoms with E-state index in [0.29, 0.717) is 25.7 Å². The van der Waals surface area contributed by atoms with Crippen molar-refractivity contribution in [3.63, 3.8) is 0 Å². The summed E-state index contributed by atoms with van der Waals surface area (Å²) in [7, 11) is 1.49. The molecule has 26 heavy (non-hydrogen) atoms. The molecule has 1 saturated heterocycles. The van der Waals surface area contributed by atoms with Crippen LogP contribution in [0.15, 0.2) is 18.3 Å². The van der Waals surface area contributed by atoms with Crippen molar-refractivity contribution >= 4 is 17.8 Å². The van der Waals surface area contributed by atoms with E-state index in [9.17, 15) is 14.4 Å². The monoisotopic (exact) mass is 362 g/mol. The summed E-state index contributed by atoms with van der Waals surface area (Å²) in [6, 6.07) is 2.04. The summed E-state index contributed by atoms with van der Waals surface area (Å²) in [4.78, 5) is 41.3. The molecule has 1 atom stereocenters. The zero-order chi connectivity index (χ0) is 18.7. The number of ether oxygens (including phenoxy) is 2. The number of aromatic nitrogens is 1. The van der Waals surface area contributed by atoms with Crippen molar-refractivity contribution in [3.05, 3.63) is 23.9 Å². The number of imide groups is 1. The minimum atomic E-state index is -0.617. The Morgan fingerprint density at radius 3 is 2.73 bits per heavy atom. The normalized spacial score (nSPS) is 25.9. The Hall–Kier alpha value is -2.68. The molecule has 1 aliphatic carbocycles. The fourth-order valence-electron chi connectivity index (χ4n) is 3.43. The first-order valence-corrected chi connectivity index (χ1v) is 8.55. The second-order valence-corrected chi connectivity index (χ2v) is 6.43. The van der Waals surface area contributed by atoms with Crippen LogP contribution in [0, 0.1) is 0 Å². The van der Waals surface area contributed by atoms with E-state index in [4.69, 9.17) is 15.2 Å². The van der Waals surface area contributed by atoms with Crippen LogP contribution in [0.3, 0.4) is 0 Å². The molecule has 3 rings (SSSR count). The van der Waals surface area contributed by atoms with Crippen molar-refractivity contribution in [1.29, 1.82) is 0 Å². The fraction of sp³-hybridized carbons (Fsp3) is 0.529. The Morgan fingerprint density at radius 1 is 1.35 bits per heavy atom. The molecule has 9 heteroatoms. The van der Waals surface area contributed by atoms with Crippen molar-refractivity contribution in [1.82, 2.24) is 15.2 Å². The van der Waals surface area contributed by atoms with Gasteiger partial charge in [-0.05, 0) is 37.8 Å². The summed E-state index contributed by atoms with van der Waals surface area (Å²) in [5.74, 6) is -0.620. The van der Waals surface area contributed by atoms with Crippen molar-refractivity contribution in [2.24, 2.45) is 5.73 Å². The maximum absolute atomic E-state index is 12.4. The highest BCUT2D eigenvalue weighted by Gasteiger charge is 2.43. The van der Waals surface area contributed by atoms with Crippen LogP contribution < -0.4 is 15.8 Å². The molecular weight excluding hydrogens is 340 g/mol. The van der Waals surface area contributed by atoms with Crippen molar-refractivity contribution in [2.45, 2.75) is 43.9 Å². The minimum absolute atomic E-state index is 0.144. The number of nitrogens with two attached hydrogens (primary N) is 1. The second kappa shape index (κ2) is 7.69. The smallest absolute Gasteiger partial charge is 0.325 e. The summed E-state index contributed by atoms with van der Waals surface area (Å²) < 4.78 is 10.8. The van der Waals surface area contributed by atoms with Crippen molar-refractivity contribution in [3.8, 4) is 5.88 Å². The summed E-state index contributed by atoms with van der Waals surface area (Å²) in [5, 5.41) is 2.64.